The maximum atomic E-state index is 9.36. The van der Waals surface area contributed by atoms with Gasteiger partial charge in [0.2, 0.25) is 0 Å². The zero-order chi connectivity index (χ0) is 10.6. The van der Waals surface area contributed by atoms with Crippen molar-refractivity contribution in [1.82, 2.24) is 0 Å². The number of aliphatic hydroxyl groups excluding tert-OH is 2. The van der Waals surface area contributed by atoms with Crippen LogP contribution >= 0.6 is 0 Å². The van der Waals surface area contributed by atoms with E-state index in [0.717, 1.165) is 5.56 Å². The average Bonchev–Trinajstić information content (AvgIpc) is 2.66. The Bertz CT molecular complexity index is 248. The molecule has 80 valence electrons. The molecule has 0 bridgehead atoms. The van der Waals surface area contributed by atoms with Crippen LogP contribution in [0.25, 0.3) is 0 Å². The van der Waals surface area contributed by atoms with Crippen LogP contribution in [-0.4, -0.2) is 23.4 Å². The highest BCUT2D eigenvalue weighted by atomic mass is 16.3. The average molecular weight is 198 g/mol. The lowest BCUT2D eigenvalue weighted by molar-refractivity contribution is 0.0162. The number of hydrogen-bond donors (Lipinski definition) is 2. The van der Waals surface area contributed by atoms with Crippen LogP contribution in [0, 0.1) is 11.3 Å². The molecule has 0 spiro atoms. The summed E-state index contributed by atoms with van der Waals surface area (Å²) in [4.78, 5) is 0. The van der Waals surface area contributed by atoms with Crippen molar-refractivity contribution in [2.75, 3.05) is 13.2 Å². The van der Waals surface area contributed by atoms with Crippen molar-refractivity contribution in [2.45, 2.75) is 20.3 Å². The van der Waals surface area contributed by atoms with E-state index in [9.17, 15) is 10.2 Å². The summed E-state index contributed by atoms with van der Waals surface area (Å²) in [5, 5.41) is 18.7. The minimum atomic E-state index is -0.441. The Hall–Kier alpha value is -0.800. The summed E-state index contributed by atoms with van der Waals surface area (Å²) in [6.45, 7) is 4.00. The zero-order valence-electron chi connectivity index (χ0n) is 8.73. The Morgan fingerprint density at radius 1 is 1.36 bits per heavy atom. The lowest BCUT2D eigenvalue weighted by Crippen LogP contribution is -2.37. The van der Waals surface area contributed by atoms with Crippen molar-refractivity contribution in [1.29, 1.82) is 0 Å². The van der Waals surface area contributed by atoms with Crippen molar-refractivity contribution < 1.29 is 14.6 Å². The standard InChI is InChI=1S/C11H18O3/c1-9(2)11(7-12,8-13)5-10-3-4-14-6-10/h3-4,6,9,12-13H,5,7-8H2,1-2H3. The van der Waals surface area contributed by atoms with Crippen LogP contribution < -0.4 is 0 Å². The first-order valence-electron chi connectivity index (χ1n) is 4.87. The van der Waals surface area contributed by atoms with E-state index in [2.05, 4.69) is 0 Å². The van der Waals surface area contributed by atoms with Gasteiger partial charge in [-0.25, -0.2) is 0 Å². The second kappa shape index (κ2) is 4.62. The molecule has 0 fully saturated rings. The van der Waals surface area contributed by atoms with Gasteiger partial charge < -0.3 is 14.6 Å². The first kappa shape index (κ1) is 11.3. The molecule has 0 radical (unpaired) electrons. The van der Waals surface area contributed by atoms with Crippen LogP contribution in [0.2, 0.25) is 0 Å². The summed E-state index contributed by atoms with van der Waals surface area (Å²) in [5.41, 5.74) is 0.575. The Morgan fingerprint density at radius 3 is 2.36 bits per heavy atom. The smallest absolute Gasteiger partial charge is 0.0934 e. The van der Waals surface area contributed by atoms with E-state index in [1.807, 2.05) is 19.9 Å². The molecule has 3 heteroatoms. The molecule has 14 heavy (non-hydrogen) atoms. The van der Waals surface area contributed by atoms with E-state index >= 15 is 0 Å². The van der Waals surface area contributed by atoms with Gasteiger partial charge in [-0.1, -0.05) is 13.8 Å². The van der Waals surface area contributed by atoms with Crippen molar-refractivity contribution in [2.24, 2.45) is 11.3 Å². The van der Waals surface area contributed by atoms with E-state index in [1.54, 1.807) is 12.5 Å². The Kier molecular flexibility index (Phi) is 3.72. The van der Waals surface area contributed by atoms with Gasteiger partial charge in [0.1, 0.15) is 0 Å². The van der Waals surface area contributed by atoms with Crippen LogP contribution in [-0.2, 0) is 6.42 Å². The second-order valence-corrected chi connectivity index (χ2v) is 4.14. The highest BCUT2D eigenvalue weighted by Crippen LogP contribution is 2.30. The monoisotopic (exact) mass is 198 g/mol. The first-order chi connectivity index (χ1) is 6.64. The fourth-order valence-electron chi connectivity index (χ4n) is 1.53. The van der Waals surface area contributed by atoms with Gasteiger partial charge >= 0.3 is 0 Å². The highest BCUT2D eigenvalue weighted by Gasteiger charge is 2.32. The van der Waals surface area contributed by atoms with Gasteiger partial charge in [0.15, 0.2) is 0 Å². The minimum absolute atomic E-state index is 0.00759. The molecule has 0 aliphatic heterocycles. The van der Waals surface area contributed by atoms with Gasteiger partial charge in [-0.3, -0.25) is 0 Å². The zero-order valence-corrected chi connectivity index (χ0v) is 8.73. The SMILES string of the molecule is CC(C)C(CO)(CO)Cc1ccoc1. The lowest BCUT2D eigenvalue weighted by atomic mass is 9.74. The van der Waals surface area contributed by atoms with Crippen molar-refractivity contribution >= 4 is 0 Å². The van der Waals surface area contributed by atoms with E-state index in [1.165, 1.54) is 0 Å². The summed E-state index contributed by atoms with van der Waals surface area (Å²) in [6.07, 6.45) is 3.91. The minimum Gasteiger partial charge on any atom is -0.472 e. The molecule has 0 atom stereocenters. The molecule has 1 heterocycles. The van der Waals surface area contributed by atoms with Crippen LogP contribution in [0.15, 0.2) is 23.0 Å². The molecule has 0 aliphatic rings. The van der Waals surface area contributed by atoms with Gasteiger partial charge in [0.05, 0.1) is 25.7 Å². The number of furan rings is 1. The molecule has 0 amide bonds. The van der Waals surface area contributed by atoms with Crippen molar-refractivity contribution in [3.63, 3.8) is 0 Å². The normalized spacial score (nSPS) is 12.4. The predicted octanol–water partition coefficient (Wildman–Crippen LogP) is 1.45. The predicted molar refractivity (Wildman–Crippen MR) is 53.9 cm³/mol. The van der Waals surface area contributed by atoms with E-state index in [4.69, 9.17) is 4.42 Å². The molecule has 0 unspecified atom stereocenters. The largest absolute Gasteiger partial charge is 0.472 e. The first-order valence-corrected chi connectivity index (χ1v) is 4.87. The third kappa shape index (κ3) is 2.16. The van der Waals surface area contributed by atoms with Gasteiger partial charge in [0, 0.05) is 5.41 Å². The molecule has 2 N–H and O–H groups in total. The summed E-state index contributed by atoms with van der Waals surface area (Å²) >= 11 is 0. The molecule has 0 aromatic carbocycles. The Morgan fingerprint density at radius 2 is 2.00 bits per heavy atom. The van der Waals surface area contributed by atoms with Crippen LogP contribution in [0.4, 0.5) is 0 Å². The number of aliphatic hydroxyl groups is 2. The highest BCUT2D eigenvalue weighted by molar-refractivity contribution is 5.09. The van der Waals surface area contributed by atoms with Gasteiger partial charge in [-0.2, -0.15) is 0 Å². The summed E-state index contributed by atoms with van der Waals surface area (Å²) in [6, 6.07) is 1.86. The molecule has 0 aliphatic carbocycles. The molecule has 3 nitrogen and oxygen atoms in total. The van der Waals surface area contributed by atoms with E-state index in [0.29, 0.717) is 6.42 Å². The van der Waals surface area contributed by atoms with E-state index < -0.39 is 5.41 Å². The molecular weight excluding hydrogens is 180 g/mol. The third-order valence-electron chi connectivity index (χ3n) is 2.99. The quantitative estimate of drug-likeness (QED) is 0.753. The van der Waals surface area contributed by atoms with Crippen molar-refractivity contribution in [3.8, 4) is 0 Å². The van der Waals surface area contributed by atoms with Crippen LogP contribution in [0.5, 0.6) is 0 Å². The van der Waals surface area contributed by atoms with Crippen LogP contribution in [0.3, 0.4) is 0 Å². The van der Waals surface area contributed by atoms with Gasteiger partial charge in [-0.05, 0) is 24.0 Å². The molecular formula is C11H18O3. The number of hydrogen-bond acceptors (Lipinski definition) is 3. The Labute approximate surface area is 84.4 Å². The van der Waals surface area contributed by atoms with Crippen molar-refractivity contribution in [3.05, 3.63) is 24.2 Å². The molecule has 0 saturated heterocycles. The maximum absolute atomic E-state index is 9.36. The molecule has 1 aromatic rings. The Balaban J connectivity index is 2.78. The van der Waals surface area contributed by atoms with E-state index in [-0.39, 0.29) is 19.1 Å². The number of rotatable bonds is 5. The summed E-state index contributed by atoms with van der Waals surface area (Å²) in [5.74, 6) is 0.229. The lowest BCUT2D eigenvalue weighted by Gasteiger charge is -2.33. The van der Waals surface area contributed by atoms with Gasteiger partial charge in [-0.15, -0.1) is 0 Å². The topological polar surface area (TPSA) is 53.6 Å². The summed E-state index contributed by atoms with van der Waals surface area (Å²) in [7, 11) is 0. The third-order valence-corrected chi connectivity index (χ3v) is 2.99. The molecule has 1 rings (SSSR count). The fourth-order valence-corrected chi connectivity index (χ4v) is 1.53. The van der Waals surface area contributed by atoms with Crippen LogP contribution in [0.1, 0.15) is 19.4 Å². The molecule has 1 aromatic heterocycles. The second-order valence-electron chi connectivity index (χ2n) is 4.14. The molecule has 0 saturated carbocycles. The fraction of sp³-hybridized carbons (Fsp3) is 0.636. The summed E-state index contributed by atoms with van der Waals surface area (Å²) < 4.78 is 4.97. The van der Waals surface area contributed by atoms with Gasteiger partial charge in [0.25, 0.3) is 0 Å². The maximum Gasteiger partial charge on any atom is 0.0934 e.